The molecule has 23 heavy (non-hydrogen) atoms. The van der Waals surface area contributed by atoms with Crippen molar-refractivity contribution in [3.05, 3.63) is 69.8 Å². The number of carbonyl (C=O) groups excluding carboxylic acids is 1. The Morgan fingerprint density at radius 2 is 1.52 bits per heavy atom. The molecule has 0 aliphatic rings. The van der Waals surface area contributed by atoms with Crippen LogP contribution in [0.4, 0.5) is 0 Å². The topological polar surface area (TPSA) is 81.5 Å². The molecule has 2 rings (SSSR count). The van der Waals surface area contributed by atoms with Crippen molar-refractivity contribution in [2.75, 3.05) is 0 Å². The molecule has 0 aliphatic heterocycles. The van der Waals surface area contributed by atoms with E-state index in [1.807, 2.05) is 19.1 Å². The molecule has 0 fully saturated rings. The van der Waals surface area contributed by atoms with Crippen LogP contribution in [0, 0.1) is 13.8 Å². The average Bonchev–Trinajstić information content (AvgIpc) is 2.56. The molecule has 0 atom stereocenters. The Labute approximate surface area is 138 Å². The SMILES string of the molecule is C=NCc1cc(C)ccc1CN.Cc1ccc(C=O)c(CN)c1. The molecule has 122 valence electrons. The Hall–Kier alpha value is -2.30. The van der Waals surface area contributed by atoms with Gasteiger partial charge in [-0.1, -0.05) is 47.5 Å². The summed E-state index contributed by atoms with van der Waals surface area (Å²) in [5.41, 5.74) is 17.3. The van der Waals surface area contributed by atoms with Gasteiger partial charge in [-0.05, 0) is 37.3 Å². The van der Waals surface area contributed by atoms with E-state index in [9.17, 15) is 4.79 Å². The number of aliphatic imine (C=N–C) groups is 1. The van der Waals surface area contributed by atoms with E-state index < -0.39 is 0 Å². The highest BCUT2D eigenvalue weighted by Crippen LogP contribution is 2.12. The summed E-state index contributed by atoms with van der Waals surface area (Å²) in [6, 6.07) is 11.9. The van der Waals surface area contributed by atoms with Crippen LogP contribution in [0.5, 0.6) is 0 Å². The summed E-state index contributed by atoms with van der Waals surface area (Å²) in [6.07, 6.45) is 0.835. The van der Waals surface area contributed by atoms with Crippen molar-refractivity contribution >= 4 is 13.0 Å². The first-order chi connectivity index (χ1) is 11.0. The summed E-state index contributed by atoms with van der Waals surface area (Å²) >= 11 is 0. The molecular weight excluding hydrogens is 286 g/mol. The molecule has 0 aromatic heterocycles. The van der Waals surface area contributed by atoms with Crippen molar-refractivity contribution in [1.29, 1.82) is 0 Å². The number of hydrogen-bond acceptors (Lipinski definition) is 4. The smallest absolute Gasteiger partial charge is 0.150 e. The van der Waals surface area contributed by atoms with E-state index in [1.54, 1.807) is 6.07 Å². The van der Waals surface area contributed by atoms with E-state index in [0.29, 0.717) is 25.2 Å². The summed E-state index contributed by atoms with van der Waals surface area (Å²) < 4.78 is 0. The Kier molecular flexibility index (Phi) is 7.88. The summed E-state index contributed by atoms with van der Waals surface area (Å²) in [4.78, 5) is 14.3. The number of rotatable bonds is 5. The fourth-order valence-electron chi connectivity index (χ4n) is 2.25. The maximum atomic E-state index is 10.4. The molecule has 0 saturated carbocycles. The number of benzene rings is 2. The van der Waals surface area contributed by atoms with Gasteiger partial charge in [-0.3, -0.25) is 9.79 Å². The third-order valence-corrected chi connectivity index (χ3v) is 3.51. The van der Waals surface area contributed by atoms with Gasteiger partial charge in [-0.2, -0.15) is 0 Å². The molecule has 2 aromatic rings. The van der Waals surface area contributed by atoms with Crippen molar-refractivity contribution < 1.29 is 4.79 Å². The maximum Gasteiger partial charge on any atom is 0.150 e. The average molecular weight is 311 g/mol. The monoisotopic (exact) mass is 311 g/mol. The lowest BCUT2D eigenvalue weighted by Crippen LogP contribution is -2.01. The van der Waals surface area contributed by atoms with Crippen LogP contribution in [-0.4, -0.2) is 13.0 Å². The van der Waals surface area contributed by atoms with Crippen LogP contribution in [0.25, 0.3) is 0 Å². The van der Waals surface area contributed by atoms with Crippen LogP contribution in [-0.2, 0) is 19.6 Å². The number of nitrogens with two attached hydrogens (primary N) is 2. The van der Waals surface area contributed by atoms with Crippen molar-refractivity contribution in [3.63, 3.8) is 0 Å². The maximum absolute atomic E-state index is 10.4. The van der Waals surface area contributed by atoms with Crippen molar-refractivity contribution in [2.24, 2.45) is 16.5 Å². The fourth-order valence-corrected chi connectivity index (χ4v) is 2.25. The van der Waals surface area contributed by atoms with Gasteiger partial charge in [-0.15, -0.1) is 0 Å². The van der Waals surface area contributed by atoms with Crippen LogP contribution in [0.1, 0.15) is 38.2 Å². The number of aryl methyl sites for hydroxylation is 2. The molecular formula is C19H25N3O. The molecule has 0 bridgehead atoms. The van der Waals surface area contributed by atoms with E-state index in [4.69, 9.17) is 11.5 Å². The first-order valence-corrected chi connectivity index (χ1v) is 7.51. The minimum absolute atomic E-state index is 0.426. The number of carbonyl (C=O) groups is 1. The Morgan fingerprint density at radius 3 is 2.04 bits per heavy atom. The highest BCUT2D eigenvalue weighted by Gasteiger charge is 1.99. The quantitative estimate of drug-likeness (QED) is 0.658. The molecule has 4 N–H and O–H groups in total. The largest absolute Gasteiger partial charge is 0.326 e. The van der Waals surface area contributed by atoms with Gasteiger partial charge in [-0.25, -0.2) is 0 Å². The Balaban J connectivity index is 0.000000231. The second kappa shape index (κ2) is 9.66. The zero-order chi connectivity index (χ0) is 17.2. The predicted octanol–water partition coefficient (Wildman–Crippen LogP) is 2.92. The zero-order valence-electron chi connectivity index (χ0n) is 13.9. The Morgan fingerprint density at radius 1 is 0.957 bits per heavy atom. The van der Waals surface area contributed by atoms with Gasteiger partial charge in [0.15, 0.2) is 0 Å². The standard InChI is InChI=1S/C10H14N2.C9H11NO/c1-8-3-4-9(6-11)10(5-8)7-12-2;1-7-2-3-8(6-11)9(4-7)5-10/h3-5H,2,6-7,11H2,1H3;2-4,6H,5,10H2,1H3. The molecule has 0 aliphatic carbocycles. The zero-order valence-corrected chi connectivity index (χ0v) is 13.9. The van der Waals surface area contributed by atoms with Crippen molar-refractivity contribution in [3.8, 4) is 0 Å². The van der Waals surface area contributed by atoms with E-state index in [2.05, 4.69) is 36.8 Å². The van der Waals surface area contributed by atoms with Crippen molar-refractivity contribution in [2.45, 2.75) is 33.5 Å². The van der Waals surface area contributed by atoms with Crippen LogP contribution in [0.2, 0.25) is 0 Å². The van der Waals surface area contributed by atoms with Gasteiger partial charge in [0.2, 0.25) is 0 Å². The predicted molar refractivity (Wildman–Crippen MR) is 96.8 cm³/mol. The van der Waals surface area contributed by atoms with Crippen LogP contribution < -0.4 is 11.5 Å². The van der Waals surface area contributed by atoms with Crippen LogP contribution in [0.15, 0.2) is 41.4 Å². The van der Waals surface area contributed by atoms with Gasteiger partial charge in [0.25, 0.3) is 0 Å². The normalized spacial score (nSPS) is 9.74. The number of hydrogen-bond donors (Lipinski definition) is 2. The lowest BCUT2D eigenvalue weighted by Gasteiger charge is -2.05. The van der Waals surface area contributed by atoms with E-state index in [0.717, 1.165) is 23.0 Å². The van der Waals surface area contributed by atoms with Crippen molar-refractivity contribution in [1.82, 2.24) is 0 Å². The molecule has 0 radical (unpaired) electrons. The first-order valence-electron chi connectivity index (χ1n) is 7.51. The lowest BCUT2D eigenvalue weighted by molar-refractivity contribution is 0.112. The van der Waals surface area contributed by atoms with Crippen LogP contribution >= 0.6 is 0 Å². The minimum atomic E-state index is 0.426. The summed E-state index contributed by atoms with van der Waals surface area (Å²) in [5.74, 6) is 0. The molecule has 4 heteroatoms. The molecule has 0 spiro atoms. The minimum Gasteiger partial charge on any atom is -0.326 e. The summed E-state index contributed by atoms with van der Waals surface area (Å²) in [5, 5.41) is 0. The molecule has 0 amide bonds. The van der Waals surface area contributed by atoms with Crippen LogP contribution in [0.3, 0.4) is 0 Å². The second-order valence-corrected chi connectivity index (χ2v) is 5.38. The second-order valence-electron chi connectivity index (χ2n) is 5.38. The molecule has 0 saturated heterocycles. The third-order valence-electron chi connectivity index (χ3n) is 3.51. The number of aldehydes is 1. The lowest BCUT2D eigenvalue weighted by atomic mass is 10.0. The van der Waals surface area contributed by atoms with Gasteiger partial charge in [0.1, 0.15) is 6.29 Å². The van der Waals surface area contributed by atoms with E-state index >= 15 is 0 Å². The highest BCUT2D eigenvalue weighted by atomic mass is 16.1. The van der Waals surface area contributed by atoms with E-state index in [1.165, 1.54) is 11.1 Å². The van der Waals surface area contributed by atoms with E-state index in [-0.39, 0.29) is 0 Å². The number of nitrogens with zero attached hydrogens (tertiary/aromatic N) is 1. The first kappa shape index (κ1) is 18.7. The molecule has 4 nitrogen and oxygen atoms in total. The molecule has 0 heterocycles. The van der Waals surface area contributed by atoms with Gasteiger partial charge >= 0.3 is 0 Å². The molecule has 2 aromatic carbocycles. The molecule has 0 unspecified atom stereocenters. The highest BCUT2D eigenvalue weighted by molar-refractivity contribution is 5.77. The van der Waals surface area contributed by atoms with Gasteiger partial charge in [0, 0.05) is 18.7 Å². The summed E-state index contributed by atoms with van der Waals surface area (Å²) in [6.45, 7) is 9.17. The third kappa shape index (κ3) is 5.77. The Bertz CT molecular complexity index is 666. The van der Waals surface area contributed by atoms with Gasteiger partial charge in [0.05, 0.1) is 6.54 Å². The van der Waals surface area contributed by atoms with Gasteiger partial charge < -0.3 is 11.5 Å². The summed E-state index contributed by atoms with van der Waals surface area (Å²) in [7, 11) is 0. The fraction of sp³-hybridized carbons (Fsp3) is 0.263.